The van der Waals surface area contributed by atoms with Gasteiger partial charge in [0.05, 0.1) is 23.0 Å². The number of thiazole rings is 1. The second-order valence-corrected chi connectivity index (χ2v) is 5.34. The average Bonchev–Trinajstić information content (AvgIpc) is 2.88. The van der Waals surface area contributed by atoms with Gasteiger partial charge in [-0.3, -0.25) is 0 Å². The third-order valence-corrected chi connectivity index (χ3v) is 3.84. The summed E-state index contributed by atoms with van der Waals surface area (Å²) in [5.41, 5.74) is 4.64. The molecule has 100 valence electrons. The third kappa shape index (κ3) is 2.78. The van der Waals surface area contributed by atoms with Crippen LogP contribution in [-0.2, 0) is 6.54 Å². The molecule has 3 aromatic rings. The summed E-state index contributed by atoms with van der Waals surface area (Å²) in [4.78, 5) is 4.51. The minimum absolute atomic E-state index is 0.220. The molecule has 0 atom stereocenters. The van der Waals surface area contributed by atoms with Crippen molar-refractivity contribution in [3.05, 3.63) is 59.1 Å². The van der Waals surface area contributed by atoms with Crippen molar-refractivity contribution < 1.29 is 5.11 Å². The van der Waals surface area contributed by atoms with Crippen molar-refractivity contribution in [2.24, 2.45) is 5.10 Å². The number of rotatable bonds is 4. The molecule has 2 aromatic carbocycles. The number of nitrogens with zero attached hydrogens (tertiary/aromatic N) is 2. The summed E-state index contributed by atoms with van der Waals surface area (Å²) >= 11 is 1.65. The lowest BCUT2D eigenvalue weighted by atomic mass is 10.2. The van der Waals surface area contributed by atoms with E-state index in [9.17, 15) is 5.11 Å². The Labute approximate surface area is 120 Å². The zero-order chi connectivity index (χ0) is 13.8. The number of phenols is 1. The number of nitrogens with one attached hydrogen (secondary N) is 1. The standard InChI is InChI=1S/C15H13N3OS/c19-13-7-3-1-5-11(13)9-16-17-10-15-18-12-6-2-4-8-14(12)20-15/h1-9,17,19H,10H2/b16-9+. The van der Waals surface area contributed by atoms with Crippen molar-refractivity contribution in [1.29, 1.82) is 0 Å². The van der Waals surface area contributed by atoms with Gasteiger partial charge in [0.15, 0.2) is 0 Å². The summed E-state index contributed by atoms with van der Waals surface area (Å²) in [6, 6.07) is 15.1. The molecular weight excluding hydrogens is 270 g/mol. The Bertz CT molecular complexity index is 718. The smallest absolute Gasteiger partial charge is 0.124 e. The van der Waals surface area contributed by atoms with Gasteiger partial charge >= 0.3 is 0 Å². The molecule has 0 unspecified atom stereocenters. The van der Waals surface area contributed by atoms with Crippen LogP contribution in [-0.4, -0.2) is 16.3 Å². The van der Waals surface area contributed by atoms with Crippen LogP contribution in [0.2, 0.25) is 0 Å². The van der Waals surface area contributed by atoms with Crippen molar-refractivity contribution >= 4 is 27.8 Å². The summed E-state index contributed by atoms with van der Waals surface area (Å²) in [5.74, 6) is 0.220. The molecule has 0 amide bonds. The van der Waals surface area contributed by atoms with E-state index in [4.69, 9.17) is 0 Å². The molecule has 0 aliphatic rings. The molecular formula is C15H13N3OS. The molecule has 0 radical (unpaired) electrons. The molecule has 0 saturated heterocycles. The second-order valence-electron chi connectivity index (χ2n) is 4.23. The number of hydrogen-bond acceptors (Lipinski definition) is 5. The molecule has 5 heteroatoms. The molecule has 1 aromatic heterocycles. The molecule has 20 heavy (non-hydrogen) atoms. The van der Waals surface area contributed by atoms with E-state index in [-0.39, 0.29) is 5.75 Å². The maximum atomic E-state index is 9.59. The Hall–Kier alpha value is -2.40. The molecule has 0 spiro atoms. The van der Waals surface area contributed by atoms with Crippen LogP contribution in [0.4, 0.5) is 0 Å². The van der Waals surface area contributed by atoms with Crippen molar-refractivity contribution in [2.45, 2.75) is 6.54 Å². The Kier molecular flexibility index (Phi) is 3.60. The number of hydrazone groups is 1. The number of benzene rings is 2. The summed E-state index contributed by atoms with van der Waals surface area (Å²) in [5, 5.41) is 14.7. The number of phenolic OH excluding ortho intramolecular Hbond substituents is 1. The SMILES string of the molecule is Oc1ccccc1/C=N/NCc1nc2ccccc2s1. The molecule has 0 aliphatic heterocycles. The maximum Gasteiger partial charge on any atom is 0.124 e. The number of hydrogen-bond donors (Lipinski definition) is 2. The Morgan fingerprint density at radius 3 is 2.80 bits per heavy atom. The van der Waals surface area contributed by atoms with E-state index in [2.05, 4.69) is 21.6 Å². The minimum Gasteiger partial charge on any atom is -0.507 e. The van der Waals surface area contributed by atoms with E-state index < -0.39 is 0 Å². The maximum absolute atomic E-state index is 9.59. The second kappa shape index (κ2) is 5.71. The lowest BCUT2D eigenvalue weighted by Crippen LogP contribution is -2.05. The molecule has 0 aliphatic carbocycles. The number of aromatic hydroxyl groups is 1. The summed E-state index contributed by atoms with van der Waals surface area (Å²) in [7, 11) is 0. The van der Waals surface area contributed by atoms with Gasteiger partial charge in [-0.15, -0.1) is 11.3 Å². The van der Waals surface area contributed by atoms with E-state index in [0.717, 1.165) is 10.5 Å². The van der Waals surface area contributed by atoms with Crippen LogP contribution >= 0.6 is 11.3 Å². The number of aromatic nitrogens is 1. The van der Waals surface area contributed by atoms with Gasteiger partial charge in [0, 0.05) is 5.56 Å². The molecule has 3 rings (SSSR count). The van der Waals surface area contributed by atoms with Gasteiger partial charge in [-0.25, -0.2) is 4.98 Å². The van der Waals surface area contributed by atoms with Gasteiger partial charge in [0.25, 0.3) is 0 Å². The van der Waals surface area contributed by atoms with E-state index >= 15 is 0 Å². The highest BCUT2D eigenvalue weighted by atomic mass is 32.1. The van der Waals surface area contributed by atoms with Crippen molar-refractivity contribution in [3.8, 4) is 5.75 Å². The van der Waals surface area contributed by atoms with E-state index in [0.29, 0.717) is 12.1 Å². The Morgan fingerprint density at radius 1 is 1.15 bits per heavy atom. The highest BCUT2D eigenvalue weighted by Gasteiger charge is 2.01. The third-order valence-electron chi connectivity index (χ3n) is 2.80. The first-order valence-corrected chi connectivity index (χ1v) is 7.03. The van der Waals surface area contributed by atoms with Crippen molar-refractivity contribution in [1.82, 2.24) is 10.4 Å². The van der Waals surface area contributed by atoms with Crippen LogP contribution in [0, 0.1) is 0 Å². The fraction of sp³-hybridized carbons (Fsp3) is 0.0667. The fourth-order valence-corrected chi connectivity index (χ4v) is 2.72. The summed E-state index contributed by atoms with van der Waals surface area (Å²) in [6.45, 7) is 0.573. The minimum atomic E-state index is 0.220. The predicted molar refractivity (Wildman–Crippen MR) is 82.2 cm³/mol. The van der Waals surface area contributed by atoms with Crippen molar-refractivity contribution in [2.75, 3.05) is 0 Å². The largest absolute Gasteiger partial charge is 0.507 e. The predicted octanol–water partition coefficient (Wildman–Crippen LogP) is 3.13. The number of fused-ring (bicyclic) bond motifs is 1. The topological polar surface area (TPSA) is 57.5 Å². The molecule has 0 bridgehead atoms. The highest BCUT2D eigenvalue weighted by molar-refractivity contribution is 7.18. The zero-order valence-corrected chi connectivity index (χ0v) is 11.5. The van der Waals surface area contributed by atoms with Gasteiger partial charge in [0.2, 0.25) is 0 Å². The monoisotopic (exact) mass is 283 g/mol. The molecule has 1 heterocycles. The van der Waals surface area contributed by atoms with Gasteiger partial charge in [-0.05, 0) is 24.3 Å². The Morgan fingerprint density at radius 2 is 1.95 bits per heavy atom. The molecule has 0 fully saturated rings. The van der Waals surface area contributed by atoms with Gasteiger partial charge in [-0.2, -0.15) is 5.10 Å². The van der Waals surface area contributed by atoms with E-state index in [1.165, 1.54) is 4.70 Å². The molecule has 4 nitrogen and oxygen atoms in total. The van der Waals surface area contributed by atoms with Crippen LogP contribution < -0.4 is 5.43 Å². The number of para-hydroxylation sites is 2. The van der Waals surface area contributed by atoms with Crippen molar-refractivity contribution in [3.63, 3.8) is 0 Å². The summed E-state index contributed by atoms with van der Waals surface area (Å²) in [6.07, 6.45) is 1.60. The summed E-state index contributed by atoms with van der Waals surface area (Å²) < 4.78 is 1.17. The van der Waals surface area contributed by atoms with Gasteiger partial charge in [-0.1, -0.05) is 24.3 Å². The van der Waals surface area contributed by atoms with Gasteiger partial charge in [0.1, 0.15) is 10.8 Å². The van der Waals surface area contributed by atoms with Crippen LogP contribution in [0.1, 0.15) is 10.6 Å². The Balaban J connectivity index is 1.64. The molecule has 2 N–H and O–H groups in total. The fourth-order valence-electron chi connectivity index (χ4n) is 1.82. The first kappa shape index (κ1) is 12.6. The van der Waals surface area contributed by atoms with Crippen LogP contribution in [0.15, 0.2) is 53.6 Å². The van der Waals surface area contributed by atoms with Crippen LogP contribution in [0.5, 0.6) is 5.75 Å². The molecule has 0 saturated carbocycles. The lowest BCUT2D eigenvalue weighted by Gasteiger charge is -1.98. The van der Waals surface area contributed by atoms with Crippen LogP contribution in [0.3, 0.4) is 0 Å². The highest BCUT2D eigenvalue weighted by Crippen LogP contribution is 2.21. The average molecular weight is 283 g/mol. The normalized spacial score (nSPS) is 11.2. The van der Waals surface area contributed by atoms with E-state index in [1.54, 1.807) is 35.8 Å². The van der Waals surface area contributed by atoms with Crippen LogP contribution in [0.25, 0.3) is 10.2 Å². The van der Waals surface area contributed by atoms with E-state index in [1.807, 2.05) is 24.3 Å². The first-order valence-electron chi connectivity index (χ1n) is 6.21. The van der Waals surface area contributed by atoms with Gasteiger partial charge < -0.3 is 10.5 Å². The first-order chi connectivity index (χ1) is 9.83. The lowest BCUT2D eigenvalue weighted by molar-refractivity contribution is 0.474. The zero-order valence-electron chi connectivity index (χ0n) is 10.7. The quantitative estimate of drug-likeness (QED) is 0.571.